The lowest BCUT2D eigenvalue weighted by atomic mass is 9.66. The third-order valence-corrected chi connectivity index (χ3v) is 5.58. The highest BCUT2D eigenvalue weighted by Crippen LogP contribution is 2.63. The minimum absolute atomic E-state index is 0.432. The van der Waals surface area contributed by atoms with Crippen LogP contribution in [-0.2, 0) is 0 Å². The normalized spacial score (nSPS) is 40.8. The summed E-state index contributed by atoms with van der Waals surface area (Å²) in [4.78, 5) is 0. The van der Waals surface area contributed by atoms with Crippen LogP contribution in [0.15, 0.2) is 0 Å². The fraction of sp³-hybridized carbons (Fsp3) is 1.00. The van der Waals surface area contributed by atoms with Gasteiger partial charge in [-0.05, 0) is 54.8 Å². The molecule has 0 heterocycles. The summed E-state index contributed by atoms with van der Waals surface area (Å²) < 4.78 is 0. The van der Waals surface area contributed by atoms with E-state index in [9.17, 15) is 5.11 Å². The molecule has 88 valence electrons. The lowest BCUT2D eigenvalue weighted by molar-refractivity contribution is 0.108. The van der Waals surface area contributed by atoms with Gasteiger partial charge in [0.05, 0.1) is 0 Å². The Morgan fingerprint density at radius 3 is 2.27 bits per heavy atom. The lowest BCUT2D eigenvalue weighted by Gasteiger charge is -2.39. The smallest absolute Gasteiger partial charge is 0.0464 e. The van der Waals surface area contributed by atoms with Crippen molar-refractivity contribution in [1.82, 2.24) is 0 Å². The first-order chi connectivity index (χ1) is 7.04. The van der Waals surface area contributed by atoms with Gasteiger partial charge in [-0.25, -0.2) is 0 Å². The van der Waals surface area contributed by atoms with Gasteiger partial charge in [0.2, 0.25) is 0 Å². The van der Waals surface area contributed by atoms with E-state index in [1.165, 1.54) is 38.5 Å². The average molecular weight is 210 g/mol. The number of aliphatic hydroxyl groups is 1. The van der Waals surface area contributed by atoms with E-state index in [2.05, 4.69) is 20.8 Å². The molecule has 0 amide bonds. The van der Waals surface area contributed by atoms with Crippen LogP contribution >= 0.6 is 0 Å². The van der Waals surface area contributed by atoms with Crippen molar-refractivity contribution in [3.63, 3.8) is 0 Å². The molecule has 1 spiro atoms. The molecule has 2 aliphatic carbocycles. The molecule has 0 saturated heterocycles. The molecule has 0 aromatic carbocycles. The van der Waals surface area contributed by atoms with Crippen LogP contribution in [0.5, 0.6) is 0 Å². The first-order valence-electron chi connectivity index (χ1n) is 6.65. The van der Waals surface area contributed by atoms with Gasteiger partial charge >= 0.3 is 0 Å². The summed E-state index contributed by atoms with van der Waals surface area (Å²) in [6.45, 7) is 7.60. The monoisotopic (exact) mass is 210 g/mol. The molecule has 0 radical (unpaired) electrons. The Morgan fingerprint density at radius 2 is 1.87 bits per heavy atom. The van der Waals surface area contributed by atoms with Gasteiger partial charge in [0.1, 0.15) is 0 Å². The Kier molecular flexibility index (Phi) is 2.87. The van der Waals surface area contributed by atoms with Gasteiger partial charge < -0.3 is 5.11 Å². The fourth-order valence-electron chi connectivity index (χ4n) is 3.57. The molecule has 1 N–H and O–H groups in total. The van der Waals surface area contributed by atoms with Crippen LogP contribution in [0.3, 0.4) is 0 Å². The molecule has 0 aliphatic heterocycles. The van der Waals surface area contributed by atoms with E-state index in [0.29, 0.717) is 23.4 Å². The van der Waals surface area contributed by atoms with E-state index in [0.717, 1.165) is 5.92 Å². The molecule has 2 fully saturated rings. The quantitative estimate of drug-likeness (QED) is 0.754. The van der Waals surface area contributed by atoms with E-state index in [1.54, 1.807) is 0 Å². The summed E-state index contributed by atoms with van der Waals surface area (Å²) in [5.41, 5.74) is 1.13. The van der Waals surface area contributed by atoms with Crippen molar-refractivity contribution < 1.29 is 5.11 Å². The number of rotatable bonds is 3. The molecule has 2 rings (SSSR count). The van der Waals surface area contributed by atoms with Crippen molar-refractivity contribution in [3.05, 3.63) is 0 Å². The lowest BCUT2D eigenvalue weighted by Crippen LogP contribution is -2.29. The zero-order valence-electron chi connectivity index (χ0n) is 10.6. The van der Waals surface area contributed by atoms with E-state index in [1.807, 2.05) is 0 Å². The van der Waals surface area contributed by atoms with Crippen LogP contribution in [0, 0.1) is 22.7 Å². The van der Waals surface area contributed by atoms with E-state index >= 15 is 0 Å². The SMILES string of the molecule is CCC(C)(C)C1CCC2(CC1)CC2CO. The van der Waals surface area contributed by atoms with Gasteiger partial charge in [0.15, 0.2) is 0 Å². The molecular weight excluding hydrogens is 184 g/mol. The maximum atomic E-state index is 9.20. The van der Waals surface area contributed by atoms with E-state index in [-0.39, 0.29) is 0 Å². The second-order valence-electron chi connectivity index (χ2n) is 6.56. The first-order valence-corrected chi connectivity index (χ1v) is 6.65. The Labute approximate surface area is 94.3 Å². The van der Waals surface area contributed by atoms with Crippen LogP contribution in [0.1, 0.15) is 59.3 Å². The zero-order chi connectivity index (χ0) is 11.1. The fourth-order valence-corrected chi connectivity index (χ4v) is 3.57. The third kappa shape index (κ3) is 1.95. The highest BCUT2D eigenvalue weighted by Gasteiger charge is 2.55. The molecule has 0 aromatic heterocycles. The molecule has 0 aromatic rings. The summed E-state index contributed by atoms with van der Waals surface area (Å²) in [5, 5.41) is 9.20. The van der Waals surface area contributed by atoms with Crippen molar-refractivity contribution in [2.24, 2.45) is 22.7 Å². The van der Waals surface area contributed by atoms with Crippen molar-refractivity contribution >= 4 is 0 Å². The van der Waals surface area contributed by atoms with Gasteiger partial charge in [-0.15, -0.1) is 0 Å². The highest BCUT2D eigenvalue weighted by atomic mass is 16.3. The number of hydrogen-bond acceptors (Lipinski definition) is 1. The van der Waals surface area contributed by atoms with Crippen molar-refractivity contribution in [2.45, 2.75) is 59.3 Å². The predicted molar refractivity (Wildman–Crippen MR) is 63.7 cm³/mol. The van der Waals surface area contributed by atoms with Crippen molar-refractivity contribution in [2.75, 3.05) is 6.61 Å². The van der Waals surface area contributed by atoms with E-state index in [4.69, 9.17) is 0 Å². The molecule has 2 aliphatic rings. The summed E-state index contributed by atoms with van der Waals surface area (Å²) in [6.07, 6.45) is 8.17. The number of aliphatic hydroxyl groups excluding tert-OH is 1. The Hall–Kier alpha value is -0.0400. The van der Waals surface area contributed by atoms with Crippen molar-refractivity contribution in [3.8, 4) is 0 Å². The molecule has 2 saturated carbocycles. The molecular formula is C14H26O. The Balaban J connectivity index is 1.88. The first kappa shape index (κ1) is 11.4. The van der Waals surface area contributed by atoms with Crippen LogP contribution in [0.4, 0.5) is 0 Å². The topological polar surface area (TPSA) is 20.2 Å². The average Bonchev–Trinajstić information content (AvgIpc) is 2.92. The predicted octanol–water partition coefficient (Wildman–Crippen LogP) is 3.61. The molecule has 1 unspecified atom stereocenters. The van der Waals surface area contributed by atoms with Crippen LogP contribution in [0.25, 0.3) is 0 Å². The molecule has 1 atom stereocenters. The summed E-state index contributed by atoms with van der Waals surface area (Å²) in [7, 11) is 0. The maximum absolute atomic E-state index is 9.20. The zero-order valence-corrected chi connectivity index (χ0v) is 10.6. The second kappa shape index (κ2) is 3.76. The summed E-state index contributed by atoms with van der Waals surface area (Å²) in [5.74, 6) is 1.58. The van der Waals surface area contributed by atoms with Gasteiger partial charge in [0.25, 0.3) is 0 Å². The van der Waals surface area contributed by atoms with Gasteiger partial charge in [-0.2, -0.15) is 0 Å². The van der Waals surface area contributed by atoms with Crippen LogP contribution in [-0.4, -0.2) is 11.7 Å². The molecule has 0 bridgehead atoms. The summed E-state index contributed by atoms with van der Waals surface area (Å²) >= 11 is 0. The van der Waals surface area contributed by atoms with Crippen molar-refractivity contribution in [1.29, 1.82) is 0 Å². The largest absolute Gasteiger partial charge is 0.396 e. The van der Waals surface area contributed by atoms with Gasteiger partial charge in [0, 0.05) is 6.61 Å². The van der Waals surface area contributed by atoms with Gasteiger partial charge in [-0.3, -0.25) is 0 Å². The molecule has 1 nitrogen and oxygen atoms in total. The minimum atomic E-state index is 0.432. The third-order valence-electron chi connectivity index (χ3n) is 5.58. The van der Waals surface area contributed by atoms with Gasteiger partial charge in [-0.1, -0.05) is 27.2 Å². The maximum Gasteiger partial charge on any atom is 0.0464 e. The standard InChI is InChI=1S/C14H26O/c1-4-13(2,3)11-5-7-14(8-6-11)9-12(14)10-15/h11-12,15H,4-10H2,1-3H3. The van der Waals surface area contributed by atoms with Crippen LogP contribution in [0.2, 0.25) is 0 Å². The Bertz CT molecular complexity index is 223. The highest BCUT2D eigenvalue weighted by molar-refractivity contribution is 5.04. The Morgan fingerprint density at radius 1 is 1.27 bits per heavy atom. The summed E-state index contributed by atoms with van der Waals surface area (Å²) in [6, 6.07) is 0. The van der Waals surface area contributed by atoms with E-state index < -0.39 is 0 Å². The second-order valence-corrected chi connectivity index (χ2v) is 6.56. The number of hydrogen-bond donors (Lipinski definition) is 1. The molecule has 1 heteroatoms. The van der Waals surface area contributed by atoms with Crippen LogP contribution < -0.4 is 0 Å². The minimum Gasteiger partial charge on any atom is -0.396 e. The molecule has 15 heavy (non-hydrogen) atoms.